The van der Waals surface area contributed by atoms with Crippen LogP contribution in [0.25, 0.3) is 0 Å². The van der Waals surface area contributed by atoms with Crippen molar-refractivity contribution in [3.8, 4) is 0 Å². The molecule has 2 rings (SSSR count). The van der Waals surface area contributed by atoms with Gasteiger partial charge in [0.25, 0.3) is 0 Å². The van der Waals surface area contributed by atoms with Gasteiger partial charge in [-0.3, -0.25) is 14.3 Å². The molecule has 0 atom stereocenters. The number of esters is 1. The average Bonchev–Trinajstić information content (AvgIpc) is 3.06. The van der Waals surface area contributed by atoms with Crippen LogP contribution in [0.15, 0.2) is 6.07 Å². The number of carbonyl (C=O) groups excluding carboxylic acids is 3. The maximum Gasteiger partial charge on any atom is 0.358 e. The molecule has 1 aromatic heterocycles. The van der Waals surface area contributed by atoms with Crippen molar-refractivity contribution in [1.82, 2.24) is 20.0 Å². The molecule has 0 radical (unpaired) electrons. The summed E-state index contributed by atoms with van der Waals surface area (Å²) in [6.45, 7) is 11.0. The Bertz CT molecular complexity index is 697. The van der Waals surface area contributed by atoms with E-state index in [1.54, 1.807) is 11.8 Å². The van der Waals surface area contributed by atoms with Gasteiger partial charge in [-0.2, -0.15) is 5.10 Å². The summed E-state index contributed by atoms with van der Waals surface area (Å²) in [7, 11) is 0. The smallest absolute Gasteiger partial charge is 0.358 e. The van der Waals surface area contributed by atoms with Crippen LogP contribution in [0.1, 0.15) is 69.7 Å². The Hall–Kier alpha value is -2.38. The summed E-state index contributed by atoms with van der Waals surface area (Å²) in [5, 5.41) is 7.07. The van der Waals surface area contributed by atoms with Gasteiger partial charge in [0.15, 0.2) is 5.69 Å². The summed E-state index contributed by atoms with van der Waals surface area (Å²) in [4.78, 5) is 37.0. The normalized spacial score (nSPS) is 15.5. The van der Waals surface area contributed by atoms with Gasteiger partial charge in [-0.1, -0.05) is 20.8 Å². The van der Waals surface area contributed by atoms with Gasteiger partial charge in [0.05, 0.1) is 19.2 Å². The van der Waals surface area contributed by atoms with Crippen LogP contribution in [0.2, 0.25) is 0 Å². The average molecular weight is 378 g/mol. The highest BCUT2D eigenvalue weighted by atomic mass is 16.5. The van der Waals surface area contributed by atoms with Crippen LogP contribution in [0.5, 0.6) is 0 Å². The van der Waals surface area contributed by atoms with Crippen LogP contribution in [-0.4, -0.2) is 58.7 Å². The Morgan fingerprint density at radius 1 is 1.26 bits per heavy atom. The second-order valence-electron chi connectivity index (χ2n) is 7.85. The molecule has 1 N–H and O–H groups in total. The number of likely N-dealkylation sites (tertiary alicyclic amines) is 1. The van der Waals surface area contributed by atoms with Gasteiger partial charge < -0.3 is 15.0 Å². The van der Waals surface area contributed by atoms with E-state index in [2.05, 4.69) is 31.2 Å². The number of carbonyl (C=O) groups is 3. The number of amides is 2. The Labute approximate surface area is 160 Å². The molecule has 0 bridgehead atoms. The lowest BCUT2D eigenvalue weighted by atomic mass is 9.91. The third kappa shape index (κ3) is 5.30. The first-order chi connectivity index (χ1) is 12.6. The maximum absolute atomic E-state index is 12.2. The zero-order valence-electron chi connectivity index (χ0n) is 16.9. The van der Waals surface area contributed by atoms with Crippen molar-refractivity contribution in [1.29, 1.82) is 0 Å². The van der Waals surface area contributed by atoms with E-state index in [-0.39, 0.29) is 29.8 Å². The Kier molecular flexibility index (Phi) is 6.62. The van der Waals surface area contributed by atoms with E-state index in [1.165, 1.54) is 6.92 Å². The van der Waals surface area contributed by atoms with Crippen molar-refractivity contribution in [2.24, 2.45) is 0 Å². The second-order valence-corrected chi connectivity index (χ2v) is 7.85. The van der Waals surface area contributed by atoms with Crippen LogP contribution >= 0.6 is 0 Å². The predicted molar refractivity (Wildman–Crippen MR) is 100 cm³/mol. The van der Waals surface area contributed by atoms with Crippen molar-refractivity contribution in [2.45, 2.75) is 58.9 Å². The van der Waals surface area contributed by atoms with Crippen LogP contribution < -0.4 is 5.32 Å². The van der Waals surface area contributed by atoms with Crippen molar-refractivity contribution in [2.75, 3.05) is 26.2 Å². The van der Waals surface area contributed by atoms with E-state index in [9.17, 15) is 14.4 Å². The molecular weight excluding hydrogens is 348 g/mol. The first kappa shape index (κ1) is 20.9. The highest BCUT2D eigenvalue weighted by Crippen LogP contribution is 2.30. The van der Waals surface area contributed by atoms with Gasteiger partial charge in [-0.15, -0.1) is 0 Å². The summed E-state index contributed by atoms with van der Waals surface area (Å²) in [6, 6.07) is 1.93. The van der Waals surface area contributed by atoms with Gasteiger partial charge >= 0.3 is 5.97 Å². The van der Waals surface area contributed by atoms with Gasteiger partial charge in [0, 0.05) is 31.1 Å². The molecule has 0 aromatic carbocycles. The fourth-order valence-corrected chi connectivity index (χ4v) is 3.21. The molecule has 0 unspecified atom stereocenters. The fraction of sp³-hybridized carbons (Fsp3) is 0.684. The van der Waals surface area contributed by atoms with E-state index in [1.807, 2.05) is 10.7 Å². The highest BCUT2D eigenvalue weighted by molar-refractivity contribution is 5.87. The molecule has 2 amide bonds. The quantitative estimate of drug-likeness (QED) is 0.787. The molecular formula is C19H30N4O4. The zero-order valence-corrected chi connectivity index (χ0v) is 16.9. The molecule has 2 heterocycles. The topological polar surface area (TPSA) is 93.5 Å². The molecule has 0 saturated carbocycles. The number of aromatic nitrogens is 2. The predicted octanol–water partition coefficient (Wildman–Crippen LogP) is 1.66. The Balaban J connectivity index is 2.11. The first-order valence-corrected chi connectivity index (χ1v) is 9.42. The van der Waals surface area contributed by atoms with E-state index >= 15 is 0 Å². The minimum absolute atomic E-state index is 0.0298. The molecule has 150 valence electrons. The van der Waals surface area contributed by atoms with E-state index in [0.29, 0.717) is 25.4 Å². The molecule has 8 nitrogen and oxygen atoms in total. The Morgan fingerprint density at radius 3 is 2.41 bits per heavy atom. The molecule has 1 aliphatic rings. The number of hydrogen-bond donors (Lipinski definition) is 1. The third-order valence-corrected chi connectivity index (χ3v) is 4.64. The number of rotatable bonds is 5. The fourth-order valence-electron chi connectivity index (χ4n) is 3.21. The minimum Gasteiger partial charge on any atom is -0.461 e. The van der Waals surface area contributed by atoms with Gasteiger partial charge in [0.2, 0.25) is 11.8 Å². The number of nitrogens with one attached hydrogen (secondary N) is 1. The molecule has 8 heteroatoms. The summed E-state index contributed by atoms with van der Waals surface area (Å²) in [6.07, 6.45) is 1.50. The monoisotopic (exact) mass is 378 g/mol. The molecule has 1 fully saturated rings. The first-order valence-electron chi connectivity index (χ1n) is 9.42. The van der Waals surface area contributed by atoms with Crippen molar-refractivity contribution in [3.05, 3.63) is 17.5 Å². The minimum atomic E-state index is -0.412. The molecule has 1 aliphatic heterocycles. The summed E-state index contributed by atoms with van der Waals surface area (Å²) < 4.78 is 7.02. The van der Waals surface area contributed by atoms with E-state index in [0.717, 1.165) is 18.5 Å². The number of ether oxygens (including phenoxy) is 1. The lowest BCUT2D eigenvalue weighted by Crippen LogP contribution is -2.44. The number of nitrogens with zero attached hydrogens (tertiary/aromatic N) is 3. The van der Waals surface area contributed by atoms with Crippen LogP contribution in [0.4, 0.5) is 0 Å². The zero-order chi connectivity index (χ0) is 20.2. The lowest BCUT2D eigenvalue weighted by molar-refractivity contribution is -0.133. The molecule has 0 aliphatic carbocycles. The van der Waals surface area contributed by atoms with Gasteiger partial charge in [0.1, 0.15) is 0 Å². The summed E-state index contributed by atoms with van der Waals surface area (Å²) in [5.74, 6) is -0.701. The second kappa shape index (κ2) is 8.54. The van der Waals surface area contributed by atoms with E-state index in [4.69, 9.17) is 4.74 Å². The molecule has 27 heavy (non-hydrogen) atoms. The SMILES string of the molecule is CCOC(=O)c1cc(C(C)(C)C)n(C2CCN(C(=O)CNC(C)=O)CC2)n1. The standard InChI is InChI=1S/C19H30N4O4/c1-6-27-18(26)15-11-16(19(3,4)5)23(21-15)14-7-9-22(10-8-14)17(25)12-20-13(2)24/h11,14H,6-10,12H2,1-5H3,(H,20,24). The Morgan fingerprint density at radius 2 is 1.89 bits per heavy atom. The van der Waals surface area contributed by atoms with Crippen LogP contribution in [-0.2, 0) is 19.7 Å². The number of hydrogen-bond acceptors (Lipinski definition) is 5. The summed E-state index contributed by atoms with van der Waals surface area (Å²) >= 11 is 0. The van der Waals surface area contributed by atoms with E-state index < -0.39 is 5.97 Å². The maximum atomic E-state index is 12.2. The van der Waals surface area contributed by atoms with Crippen molar-refractivity contribution >= 4 is 17.8 Å². The largest absolute Gasteiger partial charge is 0.461 e. The lowest BCUT2D eigenvalue weighted by Gasteiger charge is -2.34. The highest BCUT2D eigenvalue weighted by Gasteiger charge is 2.30. The molecule has 1 saturated heterocycles. The van der Waals surface area contributed by atoms with Crippen LogP contribution in [0.3, 0.4) is 0 Å². The van der Waals surface area contributed by atoms with Gasteiger partial charge in [-0.05, 0) is 25.8 Å². The third-order valence-electron chi connectivity index (χ3n) is 4.64. The molecule has 0 spiro atoms. The van der Waals surface area contributed by atoms with Crippen molar-refractivity contribution in [3.63, 3.8) is 0 Å². The van der Waals surface area contributed by atoms with Crippen molar-refractivity contribution < 1.29 is 19.1 Å². The van der Waals surface area contributed by atoms with Crippen LogP contribution in [0, 0.1) is 0 Å². The van der Waals surface area contributed by atoms with Gasteiger partial charge in [-0.25, -0.2) is 4.79 Å². The number of piperidine rings is 1. The molecule has 1 aromatic rings. The summed E-state index contributed by atoms with van der Waals surface area (Å²) in [5.41, 5.74) is 1.13.